The molecular formula is C15H30N2. The van der Waals surface area contributed by atoms with E-state index in [-0.39, 0.29) is 0 Å². The Morgan fingerprint density at radius 1 is 1.41 bits per heavy atom. The van der Waals surface area contributed by atoms with Crippen LogP contribution in [-0.4, -0.2) is 25.7 Å². The maximum absolute atomic E-state index is 3.74. The normalized spacial score (nSPS) is 34.6. The topological polar surface area (TPSA) is 24.1 Å². The van der Waals surface area contributed by atoms with Crippen LogP contribution in [0.2, 0.25) is 0 Å². The summed E-state index contributed by atoms with van der Waals surface area (Å²) < 4.78 is 0. The Hall–Kier alpha value is -0.0800. The van der Waals surface area contributed by atoms with E-state index in [9.17, 15) is 0 Å². The van der Waals surface area contributed by atoms with E-state index in [2.05, 4.69) is 24.5 Å². The van der Waals surface area contributed by atoms with Crippen LogP contribution in [0.3, 0.4) is 0 Å². The molecule has 0 amide bonds. The van der Waals surface area contributed by atoms with Gasteiger partial charge in [0.25, 0.3) is 0 Å². The first-order valence-corrected chi connectivity index (χ1v) is 7.75. The molecule has 4 atom stereocenters. The van der Waals surface area contributed by atoms with Crippen LogP contribution in [-0.2, 0) is 0 Å². The lowest BCUT2D eigenvalue weighted by Crippen LogP contribution is -2.34. The molecule has 0 bridgehead atoms. The van der Waals surface area contributed by atoms with Gasteiger partial charge in [-0.1, -0.05) is 20.3 Å². The van der Waals surface area contributed by atoms with Gasteiger partial charge in [-0.2, -0.15) is 0 Å². The number of hydrogen-bond acceptors (Lipinski definition) is 2. The van der Waals surface area contributed by atoms with E-state index in [1.807, 2.05) is 0 Å². The Kier molecular flexibility index (Phi) is 5.30. The number of piperidine rings is 1. The van der Waals surface area contributed by atoms with Gasteiger partial charge in [-0.15, -0.1) is 0 Å². The first kappa shape index (κ1) is 13.4. The van der Waals surface area contributed by atoms with Gasteiger partial charge in [0.15, 0.2) is 0 Å². The second-order valence-corrected chi connectivity index (χ2v) is 6.22. The molecule has 1 aliphatic heterocycles. The van der Waals surface area contributed by atoms with Crippen molar-refractivity contribution in [1.29, 1.82) is 0 Å². The Balaban J connectivity index is 1.53. The Bertz CT molecular complexity index is 211. The highest BCUT2D eigenvalue weighted by Gasteiger charge is 2.35. The first-order valence-electron chi connectivity index (χ1n) is 7.75. The van der Waals surface area contributed by atoms with E-state index in [1.165, 1.54) is 58.2 Å². The standard InChI is InChI=1S/C15H30N2/c1-3-5-13-10-15(13)17-9-7-12(2)14-6-4-8-16-11-14/h12-17H,3-11H2,1-2H3. The summed E-state index contributed by atoms with van der Waals surface area (Å²) in [5, 5.41) is 7.27. The molecule has 1 heterocycles. The molecule has 4 unspecified atom stereocenters. The zero-order valence-electron chi connectivity index (χ0n) is 11.7. The van der Waals surface area contributed by atoms with Crippen LogP contribution in [0, 0.1) is 17.8 Å². The fourth-order valence-electron chi connectivity index (χ4n) is 3.28. The monoisotopic (exact) mass is 238 g/mol. The molecule has 0 aromatic carbocycles. The second-order valence-electron chi connectivity index (χ2n) is 6.22. The Labute approximate surface area is 107 Å². The second kappa shape index (κ2) is 6.75. The van der Waals surface area contributed by atoms with Crippen LogP contribution >= 0.6 is 0 Å². The van der Waals surface area contributed by atoms with Gasteiger partial charge in [-0.3, -0.25) is 0 Å². The molecule has 0 aromatic rings. The summed E-state index contributed by atoms with van der Waals surface area (Å²) >= 11 is 0. The fraction of sp³-hybridized carbons (Fsp3) is 1.00. The zero-order valence-corrected chi connectivity index (χ0v) is 11.7. The van der Waals surface area contributed by atoms with Gasteiger partial charge in [-0.25, -0.2) is 0 Å². The smallest absolute Gasteiger partial charge is 0.00991 e. The van der Waals surface area contributed by atoms with Crippen LogP contribution in [0.4, 0.5) is 0 Å². The van der Waals surface area contributed by atoms with E-state index in [4.69, 9.17) is 0 Å². The van der Waals surface area contributed by atoms with Crippen LogP contribution in [0.25, 0.3) is 0 Å². The van der Waals surface area contributed by atoms with Crippen molar-refractivity contribution >= 4 is 0 Å². The Morgan fingerprint density at radius 3 is 3.00 bits per heavy atom. The maximum atomic E-state index is 3.74. The fourth-order valence-corrected chi connectivity index (χ4v) is 3.28. The van der Waals surface area contributed by atoms with Crippen molar-refractivity contribution in [2.45, 2.75) is 58.4 Å². The summed E-state index contributed by atoms with van der Waals surface area (Å²) in [4.78, 5) is 0. The van der Waals surface area contributed by atoms with Crippen molar-refractivity contribution in [2.24, 2.45) is 17.8 Å². The van der Waals surface area contributed by atoms with Gasteiger partial charge in [0.05, 0.1) is 0 Å². The van der Waals surface area contributed by atoms with Crippen molar-refractivity contribution < 1.29 is 0 Å². The molecule has 2 aliphatic rings. The molecule has 0 aromatic heterocycles. The summed E-state index contributed by atoms with van der Waals surface area (Å²) in [6.07, 6.45) is 8.40. The lowest BCUT2D eigenvalue weighted by Gasteiger charge is -2.28. The molecule has 2 fully saturated rings. The van der Waals surface area contributed by atoms with E-state index >= 15 is 0 Å². The quantitative estimate of drug-likeness (QED) is 0.713. The SMILES string of the molecule is CCCC1CC1NCCC(C)C1CCCNC1. The van der Waals surface area contributed by atoms with Gasteiger partial charge in [-0.05, 0) is 69.5 Å². The Morgan fingerprint density at radius 2 is 2.29 bits per heavy atom. The van der Waals surface area contributed by atoms with Crippen molar-refractivity contribution in [3.05, 3.63) is 0 Å². The predicted molar refractivity (Wildman–Crippen MR) is 74.2 cm³/mol. The van der Waals surface area contributed by atoms with Crippen LogP contribution in [0.15, 0.2) is 0 Å². The molecule has 1 aliphatic carbocycles. The summed E-state index contributed by atoms with van der Waals surface area (Å²) in [6, 6.07) is 0.867. The molecule has 2 heteroatoms. The van der Waals surface area contributed by atoms with Crippen LogP contribution < -0.4 is 10.6 Å². The van der Waals surface area contributed by atoms with Crippen molar-refractivity contribution in [2.75, 3.05) is 19.6 Å². The molecule has 1 saturated heterocycles. The molecular weight excluding hydrogens is 208 g/mol. The molecule has 1 saturated carbocycles. The summed E-state index contributed by atoms with van der Waals surface area (Å²) in [5.74, 6) is 2.82. The molecule has 0 radical (unpaired) electrons. The lowest BCUT2D eigenvalue weighted by molar-refractivity contribution is 0.265. The molecule has 0 spiro atoms. The van der Waals surface area contributed by atoms with Crippen molar-refractivity contribution in [3.63, 3.8) is 0 Å². The van der Waals surface area contributed by atoms with Crippen LogP contribution in [0.1, 0.15) is 52.4 Å². The first-order chi connectivity index (χ1) is 8.31. The van der Waals surface area contributed by atoms with Gasteiger partial charge >= 0.3 is 0 Å². The van der Waals surface area contributed by atoms with E-state index in [1.54, 1.807) is 0 Å². The number of nitrogens with one attached hydrogen (secondary N) is 2. The molecule has 100 valence electrons. The highest BCUT2D eigenvalue weighted by Crippen LogP contribution is 2.34. The third kappa shape index (κ3) is 4.26. The minimum absolute atomic E-state index is 0.867. The average Bonchev–Trinajstić information content (AvgIpc) is 3.09. The van der Waals surface area contributed by atoms with Gasteiger partial charge in [0.1, 0.15) is 0 Å². The highest BCUT2D eigenvalue weighted by atomic mass is 15.0. The largest absolute Gasteiger partial charge is 0.316 e. The summed E-state index contributed by atoms with van der Waals surface area (Å²) in [5.41, 5.74) is 0. The molecule has 2 rings (SSSR count). The summed E-state index contributed by atoms with van der Waals surface area (Å²) in [7, 11) is 0. The third-order valence-electron chi connectivity index (χ3n) is 4.73. The summed E-state index contributed by atoms with van der Waals surface area (Å²) in [6.45, 7) is 8.47. The van der Waals surface area contributed by atoms with Gasteiger partial charge in [0, 0.05) is 6.04 Å². The highest BCUT2D eigenvalue weighted by molar-refractivity contribution is 4.92. The molecule has 17 heavy (non-hydrogen) atoms. The predicted octanol–water partition coefficient (Wildman–Crippen LogP) is 2.79. The molecule has 2 N–H and O–H groups in total. The van der Waals surface area contributed by atoms with Crippen molar-refractivity contribution in [3.8, 4) is 0 Å². The molecule has 2 nitrogen and oxygen atoms in total. The number of rotatable bonds is 7. The number of hydrogen-bond donors (Lipinski definition) is 2. The maximum Gasteiger partial charge on any atom is 0.00991 e. The zero-order chi connectivity index (χ0) is 12.1. The average molecular weight is 238 g/mol. The van der Waals surface area contributed by atoms with E-state index < -0.39 is 0 Å². The van der Waals surface area contributed by atoms with E-state index in [0.717, 1.165) is 23.8 Å². The lowest BCUT2D eigenvalue weighted by atomic mass is 9.85. The van der Waals surface area contributed by atoms with Crippen molar-refractivity contribution in [1.82, 2.24) is 10.6 Å². The van der Waals surface area contributed by atoms with Gasteiger partial charge in [0.2, 0.25) is 0 Å². The minimum atomic E-state index is 0.867. The van der Waals surface area contributed by atoms with Gasteiger partial charge < -0.3 is 10.6 Å². The minimum Gasteiger partial charge on any atom is -0.316 e. The van der Waals surface area contributed by atoms with Crippen LogP contribution in [0.5, 0.6) is 0 Å². The third-order valence-corrected chi connectivity index (χ3v) is 4.73. The van der Waals surface area contributed by atoms with E-state index in [0.29, 0.717) is 0 Å².